The molecule has 0 radical (unpaired) electrons. The van der Waals surface area contributed by atoms with E-state index in [9.17, 15) is 14.4 Å². The van der Waals surface area contributed by atoms with Crippen molar-refractivity contribution in [1.82, 2.24) is 10.2 Å². The van der Waals surface area contributed by atoms with E-state index in [4.69, 9.17) is 0 Å². The van der Waals surface area contributed by atoms with Crippen LogP contribution in [0.25, 0.3) is 0 Å². The molecule has 2 N–H and O–H groups in total. The van der Waals surface area contributed by atoms with Crippen molar-refractivity contribution in [2.24, 2.45) is 0 Å². The van der Waals surface area contributed by atoms with E-state index in [0.717, 1.165) is 13.1 Å². The summed E-state index contributed by atoms with van der Waals surface area (Å²) in [5.74, 6) is -0.426. The molecule has 128 valence electrons. The van der Waals surface area contributed by atoms with Crippen molar-refractivity contribution in [2.45, 2.75) is 25.8 Å². The molecule has 0 aromatic heterocycles. The third-order valence-corrected chi connectivity index (χ3v) is 4.45. The van der Waals surface area contributed by atoms with Crippen LogP contribution in [0.5, 0.6) is 0 Å². The third-order valence-electron chi connectivity index (χ3n) is 4.45. The maximum atomic E-state index is 12.5. The molecular weight excluding hydrogens is 308 g/mol. The maximum absolute atomic E-state index is 12.5. The number of piperazine rings is 1. The minimum atomic E-state index is -0.218. The van der Waals surface area contributed by atoms with E-state index in [1.807, 2.05) is 24.0 Å². The fraction of sp³-hybridized carbons (Fsp3) is 0.471. The zero-order chi connectivity index (χ0) is 17.1. The lowest BCUT2D eigenvalue weighted by atomic mass is 10.1. The highest BCUT2D eigenvalue weighted by atomic mass is 16.2. The SMILES string of the molecule is C[C@H]1CNCCN1C(=O)CCC(=O)N1CC(=O)Nc2ccccc21. The van der Waals surface area contributed by atoms with Gasteiger partial charge in [0.2, 0.25) is 17.7 Å². The van der Waals surface area contributed by atoms with Gasteiger partial charge in [-0.3, -0.25) is 14.4 Å². The van der Waals surface area contributed by atoms with Crippen LogP contribution in [-0.4, -0.2) is 54.8 Å². The molecule has 7 heteroatoms. The van der Waals surface area contributed by atoms with Crippen LogP contribution in [0.3, 0.4) is 0 Å². The third kappa shape index (κ3) is 3.41. The molecule has 2 aliphatic heterocycles. The van der Waals surface area contributed by atoms with Gasteiger partial charge in [-0.15, -0.1) is 0 Å². The molecule has 1 atom stereocenters. The Labute approximate surface area is 141 Å². The monoisotopic (exact) mass is 330 g/mol. The van der Waals surface area contributed by atoms with E-state index >= 15 is 0 Å². The van der Waals surface area contributed by atoms with Crippen LogP contribution in [0, 0.1) is 0 Å². The molecule has 1 aromatic rings. The van der Waals surface area contributed by atoms with E-state index < -0.39 is 0 Å². The number of carbonyl (C=O) groups is 3. The van der Waals surface area contributed by atoms with Gasteiger partial charge < -0.3 is 20.4 Å². The van der Waals surface area contributed by atoms with Gasteiger partial charge >= 0.3 is 0 Å². The molecule has 2 aliphatic rings. The number of anilines is 2. The van der Waals surface area contributed by atoms with Crippen LogP contribution in [0.4, 0.5) is 11.4 Å². The standard InChI is InChI=1S/C17H22N4O3/c1-12-10-18-8-9-20(12)16(23)6-7-17(24)21-11-15(22)19-13-4-2-3-5-14(13)21/h2-5,12,18H,6-11H2,1H3,(H,19,22)/t12-/m0/s1. The Kier molecular flexibility index (Phi) is 4.80. The summed E-state index contributed by atoms with van der Waals surface area (Å²) in [6, 6.07) is 7.34. The van der Waals surface area contributed by atoms with Gasteiger partial charge in [0.05, 0.1) is 11.4 Å². The zero-order valence-electron chi connectivity index (χ0n) is 13.7. The van der Waals surface area contributed by atoms with Crippen LogP contribution < -0.4 is 15.5 Å². The highest BCUT2D eigenvalue weighted by Gasteiger charge is 2.28. The molecule has 3 rings (SSSR count). The number of hydrogen-bond donors (Lipinski definition) is 2. The molecule has 1 fully saturated rings. The highest BCUT2D eigenvalue weighted by molar-refractivity contribution is 6.10. The first-order valence-corrected chi connectivity index (χ1v) is 8.25. The first-order chi connectivity index (χ1) is 11.6. The smallest absolute Gasteiger partial charge is 0.244 e. The number of rotatable bonds is 3. The van der Waals surface area contributed by atoms with E-state index in [1.165, 1.54) is 4.90 Å². The number of amides is 3. The number of benzene rings is 1. The molecule has 3 amide bonds. The summed E-state index contributed by atoms with van der Waals surface area (Å²) in [7, 11) is 0. The summed E-state index contributed by atoms with van der Waals surface area (Å²) in [6.07, 6.45) is 0.278. The number of para-hydroxylation sites is 2. The predicted molar refractivity (Wildman–Crippen MR) is 90.7 cm³/mol. The Bertz CT molecular complexity index is 661. The fourth-order valence-electron chi connectivity index (χ4n) is 3.16. The quantitative estimate of drug-likeness (QED) is 0.849. The topological polar surface area (TPSA) is 81.8 Å². The van der Waals surface area contributed by atoms with Gasteiger partial charge in [0.1, 0.15) is 6.54 Å². The summed E-state index contributed by atoms with van der Waals surface area (Å²) in [6.45, 7) is 4.22. The second-order valence-corrected chi connectivity index (χ2v) is 6.19. The average Bonchev–Trinajstić information content (AvgIpc) is 2.59. The summed E-state index contributed by atoms with van der Waals surface area (Å²) in [5.41, 5.74) is 1.31. The van der Waals surface area contributed by atoms with Crippen LogP contribution >= 0.6 is 0 Å². The number of hydrogen-bond acceptors (Lipinski definition) is 4. The molecular formula is C17H22N4O3. The number of carbonyl (C=O) groups excluding carboxylic acids is 3. The second-order valence-electron chi connectivity index (χ2n) is 6.19. The van der Waals surface area contributed by atoms with Crippen molar-refractivity contribution in [3.63, 3.8) is 0 Å². The van der Waals surface area contributed by atoms with Gasteiger partial charge in [-0.25, -0.2) is 0 Å². The van der Waals surface area contributed by atoms with Crippen molar-refractivity contribution >= 4 is 29.1 Å². The van der Waals surface area contributed by atoms with E-state index in [2.05, 4.69) is 10.6 Å². The minimum Gasteiger partial charge on any atom is -0.337 e. The largest absolute Gasteiger partial charge is 0.337 e. The normalized spacial score (nSPS) is 20.4. The van der Waals surface area contributed by atoms with E-state index in [1.54, 1.807) is 12.1 Å². The van der Waals surface area contributed by atoms with Gasteiger partial charge in [-0.1, -0.05) is 12.1 Å². The van der Waals surface area contributed by atoms with Crippen LogP contribution in [0.15, 0.2) is 24.3 Å². The maximum Gasteiger partial charge on any atom is 0.244 e. The first-order valence-electron chi connectivity index (χ1n) is 8.25. The minimum absolute atomic E-state index is 0.00588. The van der Waals surface area contributed by atoms with Crippen molar-refractivity contribution < 1.29 is 14.4 Å². The summed E-state index contributed by atoms with van der Waals surface area (Å²) < 4.78 is 0. The van der Waals surface area contributed by atoms with Gasteiger partial charge in [0.25, 0.3) is 0 Å². The predicted octanol–water partition coefficient (Wildman–Crippen LogP) is 0.572. The molecule has 1 saturated heterocycles. The van der Waals surface area contributed by atoms with Crippen LogP contribution in [0.2, 0.25) is 0 Å². The van der Waals surface area contributed by atoms with Crippen molar-refractivity contribution in [3.8, 4) is 0 Å². The summed E-state index contributed by atoms with van der Waals surface area (Å²) in [5, 5.41) is 5.99. The second kappa shape index (κ2) is 7.00. The lowest BCUT2D eigenvalue weighted by Crippen LogP contribution is -2.52. The van der Waals surface area contributed by atoms with Crippen LogP contribution in [0.1, 0.15) is 19.8 Å². The molecule has 0 bridgehead atoms. The summed E-state index contributed by atoms with van der Waals surface area (Å²) >= 11 is 0. The number of nitrogens with zero attached hydrogens (tertiary/aromatic N) is 2. The van der Waals surface area contributed by atoms with Gasteiger partial charge in [-0.2, -0.15) is 0 Å². The van der Waals surface area contributed by atoms with Gasteiger partial charge in [0.15, 0.2) is 0 Å². The summed E-state index contributed by atoms with van der Waals surface area (Å²) in [4.78, 5) is 40.0. The Morgan fingerprint density at radius 3 is 2.75 bits per heavy atom. The fourth-order valence-corrected chi connectivity index (χ4v) is 3.16. The van der Waals surface area contributed by atoms with E-state index in [0.29, 0.717) is 17.9 Å². The number of nitrogens with one attached hydrogen (secondary N) is 2. The Balaban J connectivity index is 1.63. The van der Waals surface area contributed by atoms with Gasteiger partial charge in [0, 0.05) is 38.5 Å². The van der Waals surface area contributed by atoms with Crippen molar-refractivity contribution in [2.75, 3.05) is 36.4 Å². The highest BCUT2D eigenvalue weighted by Crippen LogP contribution is 2.29. The molecule has 0 spiro atoms. The molecule has 2 heterocycles. The lowest BCUT2D eigenvalue weighted by Gasteiger charge is -2.34. The molecule has 0 aliphatic carbocycles. The molecule has 0 unspecified atom stereocenters. The Hall–Kier alpha value is -2.41. The number of fused-ring (bicyclic) bond motifs is 1. The van der Waals surface area contributed by atoms with Crippen molar-refractivity contribution in [1.29, 1.82) is 0 Å². The molecule has 24 heavy (non-hydrogen) atoms. The lowest BCUT2D eigenvalue weighted by molar-refractivity contribution is -0.135. The van der Waals surface area contributed by atoms with Crippen molar-refractivity contribution in [3.05, 3.63) is 24.3 Å². The molecule has 7 nitrogen and oxygen atoms in total. The van der Waals surface area contributed by atoms with E-state index in [-0.39, 0.29) is 43.1 Å². The average molecular weight is 330 g/mol. The first kappa shape index (κ1) is 16.4. The van der Waals surface area contributed by atoms with Crippen LogP contribution in [-0.2, 0) is 14.4 Å². The Morgan fingerprint density at radius 2 is 1.96 bits per heavy atom. The Morgan fingerprint density at radius 1 is 1.21 bits per heavy atom. The molecule has 1 aromatic carbocycles. The molecule has 0 saturated carbocycles. The zero-order valence-corrected chi connectivity index (χ0v) is 13.7. The van der Waals surface area contributed by atoms with Gasteiger partial charge in [-0.05, 0) is 19.1 Å².